The van der Waals surface area contributed by atoms with E-state index in [2.05, 4.69) is 25.4 Å². The van der Waals surface area contributed by atoms with Crippen molar-refractivity contribution in [2.45, 2.75) is 43.8 Å². The number of aromatic nitrogens is 5. The average Bonchev–Trinajstić information content (AvgIpc) is 3.43. The van der Waals surface area contributed by atoms with E-state index in [0.29, 0.717) is 12.8 Å². The number of nitrogens with two attached hydrogens (primary N) is 1. The van der Waals surface area contributed by atoms with Crippen LogP contribution in [0.15, 0.2) is 12.3 Å². The lowest BCUT2D eigenvalue weighted by Gasteiger charge is -2.19. The molecule has 0 radical (unpaired) electrons. The Hall–Kier alpha value is -3.98. The number of alkyl halides is 5. The molecule has 3 aromatic heterocycles. The summed E-state index contributed by atoms with van der Waals surface area (Å²) in [6.07, 6.45) is -5.92. The number of ether oxygens (including phenoxy) is 1. The number of halogens is 6. The third-order valence-electron chi connectivity index (χ3n) is 6.52. The van der Waals surface area contributed by atoms with Crippen LogP contribution in [0.4, 0.5) is 38.0 Å². The summed E-state index contributed by atoms with van der Waals surface area (Å²) in [6, 6.07) is 0.938. The SMILES string of the molecule is COC(=O)C1(C2C(=O)Nc3nc(-c4nn(CCC(F)(F)C(F)(F)F)c5ncc(F)cc45)nc(N)c32)CC1. The van der Waals surface area contributed by atoms with Crippen molar-refractivity contribution >= 4 is 34.5 Å². The van der Waals surface area contributed by atoms with Crippen LogP contribution in [-0.2, 0) is 20.9 Å². The molecular formula is C21H17F6N7O3. The number of pyridine rings is 1. The van der Waals surface area contributed by atoms with Crippen molar-refractivity contribution in [2.75, 3.05) is 18.2 Å². The number of nitrogen functional groups attached to an aromatic ring is 1. The molecule has 5 rings (SSSR count). The van der Waals surface area contributed by atoms with Crippen LogP contribution in [0.25, 0.3) is 22.6 Å². The van der Waals surface area contributed by atoms with Crippen molar-refractivity contribution in [2.24, 2.45) is 5.41 Å². The topological polar surface area (TPSA) is 138 Å². The highest BCUT2D eigenvalue weighted by atomic mass is 19.4. The first-order valence-electron chi connectivity index (χ1n) is 10.8. The number of anilines is 2. The van der Waals surface area contributed by atoms with Crippen molar-refractivity contribution in [1.82, 2.24) is 24.7 Å². The summed E-state index contributed by atoms with van der Waals surface area (Å²) < 4.78 is 84.5. The van der Waals surface area contributed by atoms with Crippen molar-refractivity contribution in [3.8, 4) is 11.5 Å². The molecule has 0 spiro atoms. The van der Waals surface area contributed by atoms with E-state index >= 15 is 0 Å². The van der Waals surface area contributed by atoms with E-state index in [0.717, 1.165) is 16.9 Å². The van der Waals surface area contributed by atoms with Crippen LogP contribution in [0.1, 0.15) is 30.7 Å². The number of hydrogen-bond acceptors (Lipinski definition) is 8. The average molecular weight is 529 g/mol. The molecule has 1 amide bonds. The molecule has 37 heavy (non-hydrogen) atoms. The summed E-state index contributed by atoms with van der Waals surface area (Å²) in [5, 5.41) is 6.46. The number of nitrogens with one attached hydrogen (secondary N) is 1. The maximum Gasteiger partial charge on any atom is 0.453 e. The lowest BCUT2D eigenvalue weighted by atomic mass is 9.84. The number of carbonyl (C=O) groups excluding carboxylic acids is 2. The van der Waals surface area contributed by atoms with Gasteiger partial charge in [0.05, 0.1) is 35.6 Å². The van der Waals surface area contributed by atoms with Gasteiger partial charge in [-0.2, -0.15) is 27.1 Å². The molecule has 1 atom stereocenters. The number of aryl methyl sites for hydroxylation is 1. The fourth-order valence-electron chi connectivity index (χ4n) is 4.51. The van der Waals surface area contributed by atoms with Gasteiger partial charge in [0.25, 0.3) is 0 Å². The third-order valence-corrected chi connectivity index (χ3v) is 6.52. The number of rotatable bonds is 6. The highest BCUT2D eigenvalue weighted by Gasteiger charge is 2.63. The van der Waals surface area contributed by atoms with Gasteiger partial charge in [0.2, 0.25) is 5.91 Å². The van der Waals surface area contributed by atoms with Gasteiger partial charge in [0.15, 0.2) is 11.5 Å². The standard InChI is InChI=1S/C21H17F6N7O3/c1-37-18(36)19(2-3-19)11-10-13(28)30-15(31-14(10)32-17(11)35)12-9-6-8(22)7-29-16(9)34(33-12)5-4-20(23,24)21(25,26)27/h6-7,11H,2-5H2,1H3,(H3,28,30,31,32,35). The van der Waals surface area contributed by atoms with Crippen LogP contribution in [-0.4, -0.2) is 55.8 Å². The number of esters is 1. The van der Waals surface area contributed by atoms with E-state index in [1.54, 1.807) is 0 Å². The lowest BCUT2D eigenvalue weighted by molar-refractivity contribution is -0.285. The van der Waals surface area contributed by atoms with E-state index in [4.69, 9.17) is 10.5 Å². The van der Waals surface area contributed by atoms with E-state index in [1.165, 1.54) is 7.11 Å². The van der Waals surface area contributed by atoms with Crippen LogP contribution in [0.5, 0.6) is 0 Å². The van der Waals surface area contributed by atoms with Crippen molar-refractivity contribution < 1.29 is 40.7 Å². The summed E-state index contributed by atoms with van der Waals surface area (Å²) in [4.78, 5) is 37.3. The van der Waals surface area contributed by atoms with Gasteiger partial charge in [-0.3, -0.25) is 9.59 Å². The van der Waals surface area contributed by atoms with Crippen molar-refractivity contribution in [3.05, 3.63) is 23.6 Å². The molecule has 3 aromatic rings. The second-order valence-electron chi connectivity index (χ2n) is 8.81. The molecule has 1 saturated carbocycles. The first-order chi connectivity index (χ1) is 17.3. The van der Waals surface area contributed by atoms with Gasteiger partial charge in [-0.15, -0.1) is 0 Å². The largest absolute Gasteiger partial charge is 0.469 e. The molecule has 196 valence electrons. The zero-order valence-electron chi connectivity index (χ0n) is 18.9. The van der Waals surface area contributed by atoms with E-state index in [-0.39, 0.29) is 39.8 Å². The summed E-state index contributed by atoms with van der Waals surface area (Å²) in [6.45, 7) is -0.914. The molecule has 1 unspecified atom stereocenters. The summed E-state index contributed by atoms with van der Waals surface area (Å²) in [5.41, 5.74) is 4.77. The Labute approximate surface area is 203 Å². The molecule has 4 heterocycles. The summed E-state index contributed by atoms with van der Waals surface area (Å²) >= 11 is 0. The van der Waals surface area contributed by atoms with Crippen LogP contribution in [0.3, 0.4) is 0 Å². The van der Waals surface area contributed by atoms with E-state index in [9.17, 15) is 35.9 Å². The molecule has 3 N–H and O–H groups in total. The monoisotopic (exact) mass is 529 g/mol. The van der Waals surface area contributed by atoms with Crippen LogP contribution >= 0.6 is 0 Å². The van der Waals surface area contributed by atoms with Crippen LogP contribution in [0, 0.1) is 11.2 Å². The van der Waals surface area contributed by atoms with Crippen molar-refractivity contribution in [3.63, 3.8) is 0 Å². The fourth-order valence-corrected chi connectivity index (χ4v) is 4.51. The summed E-state index contributed by atoms with van der Waals surface area (Å²) in [7, 11) is 1.19. The van der Waals surface area contributed by atoms with Gasteiger partial charge in [-0.1, -0.05) is 0 Å². The van der Waals surface area contributed by atoms with Gasteiger partial charge in [-0.05, 0) is 18.9 Å². The summed E-state index contributed by atoms with van der Waals surface area (Å²) in [5.74, 6) is -8.51. The number of hydrogen-bond donors (Lipinski definition) is 2. The van der Waals surface area contributed by atoms with Crippen molar-refractivity contribution in [1.29, 1.82) is 0 Å². The van der Waals surface area contributed by atoms with E-state index in [1.807, 2.05) is 0 Å². The molecule has 2 aliphatic rings. The molecule has 0 aromatic carbocycles. The van der Waals surface area contributed by atoms with Gasteiger partial charge in [-0.25, -0.2) is 24.0 Å². The quantitative estimate of drug-likeness (QED) is 0.367. The number of methoxy groups -OCH3 is 1. The Balaban J connectivity index is 1.57. The highest BCUT2D eigenvalue weighted by Crippen LogP contribution is 2.60. The normalized spacial score (nSPS) is 18.6. The minimum absolute atomic E-state index is 0.0386. The number of carbonyl (C=O) groups is 2. The molecule has 0 bridgehead atoms. The maximum absolute atomic E-state index is 14.0. The molecule has 1 fully saturated rings. The highest BCUT2D eigenvalue weighted by molar-refractivity contribution is 6.07. The van der Waals surface area contributed by atoms with Gasteiger partial charge >= 0.3 is 18.1 Å². The molecule has 16 heteroatoms. The number of nitrogens with zero attached hydrogens (tertiary/aromatic N) is 5. The Bertz CT molecular complexity index is 1450. The van der Waals surface area contributed by atoms with Crippen LogP contribution in [0.2, 0.25) is 0 Å². The molecule has 1 aliphatic heterocycles. The molecule has 1 aliphatic carbocycles. The second kappa shape index (κ2) is 8.01. The second-order valence-corrected chi connectivity index (χ2v) is 8.81. The third kappa shape index (κ3) is 3.81. The smallest absolute Gasteiger partial charge is 0.453 e. The maximum atomic E-state index is 14.0. The fraction of sp³-hybridized carbons (Fsp3) is 0.429. The zero-order chi connectivity index (χ0) is 26.9. The predicted molar refractivity (Wildman–Crippen MR) is 114 cm³/mol. The molecule has 0 saturated heterocycles. The predicted octanol–water partition coefficient (Wildman–Crippen LogP) is 3.19. The zero-order valence-corrected chi connectivity index (χ0v) is 18.9. The number of fused-ring (bicyclic) bond motifs is 2. The Morgan fingerprint density at radius 2 is 1.97 bits per heavy atom. The first kappa shape index (κ1) is 24.7. The lowest BCUT2D eigenvalue weighted by Crippen LogP contribution is -2.37. The van der Waals surface area contributed by atoms with E-state index < -0.39 is 54.1 Å². The van der Waals surface area contributed by atoms with Gasteiger partial charge in [0.1, 0.15) is 23.1 Å². The number of amides is 1. The Kier molecular flexibility index (Phi) is 5.35. The Morgan fingerprint density at radius 1 is 1.27 bits per heavy atom. The van der Waals surface area contributed by atoms with Gasteiger partial charge in [0, 0.05) is 13.0 Å². The molecule has 10 nitrogen and oxygen atoms in total. The first-order valence-corrected chi connectivity index (χ1v) is 10.8. The molecular weight excluding hydrogens is 512 g/mol. The Morgan fingerprint density at radius 3 is 2.59 bits per heavy atom. The minimum atomic E-state index is -5.77. The van der Waals surface area contributed by atoms with Gasteiger partial charge < -0.3 is 15.8 Å². The minimum Gasteiger partial charge on any atom is -0.469 e. The van der Waals surface area contributed by atoms with Crippen LogP contribution < -0.4 is 11.1 Å².